The Hall–Kier alpha value is -5.20. The topological polar surface area (TPSA) is 0 Å². The monoisotopic (exact) mass is 506 g/mol. The molecule has 0 N–H and O–H groups in total. The average molecular weight is 507 g/mol. The highest BCUT2D eigenvalue weighted by Gasteiger charge is 2.18. The highest BCUT2D eigenvalue weighted by atomic mass is 14.2. The van der Waals surface area contributed by atoms with Crippen LogP contribution in [0.25, 0.3) is 76.5 Å². The van der Waals surface area contributed by atoms with Crippen LogP contribution in [-0.2, 0) is 0 Å². The second-order valence-corrected chi connectivity index (χ2v) is 10.5. The molecule has 0 unspecified atom stereocenters. The molecule has 0 fully saturated rings. The van der Waals surface area contributed by atoms with E-state index in [4.69, 9.17) is 0 Å². The van der Waals surface area contributed by atoms with Crippen molar-refractivity contribution in [2.24, 2.45) is 0 Å². The van der Waals surface area contributed by atoms with Crippen LogP contribution in [0.4, 0.5) is 0 Å². The Morgan fingerprint density at radius 1 is 0.250 bits per heavy atom. The predicted molar refractivity (Wildman–Crippen MR) is 173 cm³/mol. The lowest BCUT2D eigenvalue weighted by Gasteiger charge is -2.19. The van der Waals surface area contributed by atoms with Crippen LogP contribution >= 0.6 is 0 Å². The number of hydrogen-bond donors (Lipinski definition) is 0. The molecule has 40 heavy (non-hydrogen) atoms. The van der Waals surface area contributed by atoms with E-state index in [0.29, 0.717) is 0 Å². The van der Waals surface area contributed by atoms with Crippen LogP contribution in [-0.4, -0.2) is 0 Å². The Balaban J connectivity index is 1.44. The third-order valence-corrected chi connectivity index (χ3v) is 8.24. The Morgan fingerprint density at radius 2 is 0.750 bits per heavy atom. The molecule has 8 aromatic carbocycles. The molecule has 0 aliphatic carbocycles. The summed E-state index contributed by atoms with van der Waals surface area (Å²) in [6.45, 7) is 0. The summed E-state index contributed by atoms with van der Waals surface area (Å²) in [5, 5.41) is 10.2. The lowest BCUT2D eigenvalue weighted by molar-refractivity contribution is 1.64. The third-order valence-electron chi connectivity index (χ3n) is 8.24. The number of rotatable bonds is 3. The third kappa shape index (κ3) is 3.54. The van der Waals surface area contributed by atoms with Gasteiger partial charge in [-0.05, 0) is 82.5 Å². The molecular formula is C40H26. The van der Waals surface area contributed by atoms with Crippen LogP contribution < -0.4 is 0 Å². The number of hydrogen-bond acceptors (Lipinski definition) is 0. The van der Waals surface area contributed by atoms with E-state index in [1.165, 1.54) is 76.5 Å². The summed E-state index contributed by atoms with van der Waals surface area (Å²) < 4.78 is 0. The van der Waals surface area contributed by atoms with E-state index in [9.17, 15) is 0 Å². The predicted octanol–water partition coefficient (Wildman–Crippen LogP) is 11.3. The molecule has 0 aliphatic rings. The number of benzene rings is 8. The molecular weight excluding hydrogens is 480 g/mol. The first-order valence-electron chi connectivity index (χ1n) is 13.9. The van der Waals surface area contributed by atoms with E-state index in [0.717, 1.165) is 0 Å². The summed E-state index contributed by atoms with van der Waals surface area (Å²) in [4.78, 5) is 0. The summed E-state index contributed by atoms with van der Waals surface area (Å²) in [7, 11) is 0. The van der Waals surface area contributed by atoms with Gasteiger partial charge in [0.2, 0.25) is 0 Å². The van der Waals surface area contributed by atoms with Crippen molar-refractivity contribution in [1.29, 1.82) is 0 Å². The normalized spacial score (nSPS) is 11.5. The fourth-order valence-electron chi connectivity index (χ4n) is 6.48. The van der Waals surface area contributed by atoms with Gasteiger partial charge in [0, 0.05) is 0 Å². The van der Waals surface area contributed by atoms with Crippen molar-refractivity contribution in [3.05, 3.63) is 158 Å². The van der Waals surface area contributed by atoms with Gasteiger partial charge in [-0.15, -0.1) is 0 Å². The van der Waals surface area contributed by atoms with Crippen molar-refractivity contribution < 1.29 is 0 Å². The SMILES string of the molecule is c1ccc(-c2cccc3cc(-c4c5ccccc5c(-c5cccc6ccccc56)c5ccccc45)ccc23)cc1. The first kappa shape index (κ1) is 22.8. The Bertz CT molecular complexity index is 2140. The van der Waals surface area contributed by atoms with Crippen LogP contribution in [0.2, 0.25) is 0 Å². The molecule has 0 bridgehead atoms. The van der Waals surface area contributed by atoms with Crippen LogP contribution in [0.1, 0.15) is 0 Å². The quantitative estimate of drug-likeness (QED) is 0.209. The number of fused-ring (bicyclic) bond motifs is 4. The zero-order chi connectivity index (χ0) is 26.5. The largest absolute Gasteiger partial charge is 0.0622 e. The Morgan fingerprint density at radius 3 is 1.45 bits per heavy atom. The Kier molecular flexibility index (Phi) is 5.24. The molecule has 0 saturated carbocycles. The van der Waals surface area contributed by atoms with E-state index in [1.807, 2.05) is 0 Å². The zero-order valence-corrected chi connectivity index (χ0v) is 22.0. The zero-order valence-electron chi connectivity index (χ0n) is 22.0. The van der Waals surface area contributed by atoms with Gasteiger partial charge in [0.05, 0.1) is 0 Å². The van der Waals surface area contributed by atoms with Gasteiger partial charge in [-0.1, -0.05) is 152 Å². The molecule has 8 aromatic rings. The summed E-state index contributed by atoms with van der Waals surface area (Å²) >= 11 is 0. The molecule has 186 valence electrons. The van der Waals surface area contributed by atoms with E-state index in [2.05, 4.69) is 158 Å². The van der Waals surface area contributed by atoms with E-state index < -0.39 is 0 Å². The maximum atomic E-state index is 2.37. The van der Waals surface area contributed by atoms with Gasteiger partial charge in [-0.25, -0.2) is 0 Å². The maximum Gasteiger partial charge on any atom is -0.00201 e. The molecule has 0 aliphatic heterocycles. The molecule has 0 spiro atoms. The van der Waals surface area contributed by atoms with Crippen molar-refractivity contribution in [3.8, 4) is 33.4 Å². The van der Waals surface area contributed by atoms with Gasteiger partial charge in [0.25, 0.3) is 0 Å². The smallest absolute Gasteiger partial charge is 0.00201 e. The van der Waals surface area contributed by atoms with Crippen LogP contribution in [0.15, 0.2) is 158 Å². The molecule has 0 heteroatoms. The van der Waals surface area contributed by atoms with Crippen LogP contribution in [0.3, 0.4) is 0 Å². The highest BCUT2D eigenvalue weighted by Crippen LogP contribution is 2.45. The van der Waals surface area contributed by atoms with E-state index in [1.54, 1.807) is 0 Å². The van der Waals surface area contributed by atoms with Gasteiger partial charge < -0.3 is 0 Å². The van der Waals surface area contributed by atoms with Gasteiger partial charge in [-0.3, -0.25) is 0 Å². The molecule has 0 atom stereocenters. The molecule has 0 aromatic heterocycles. The summed E-state index contributed by atoms with van der Waals surface area (Å²) in [6, 6.07) is 57.5. The molecule has 0 saturated heterocycles. The standard InChI is InChI=1S/C40H26/c1-2-12-27(13-3-1)31-22-11-16-29-26-30(24-25-33(29)31)39-35-18-6-8-20-37(35)40(38-21-9-7-19-36(38)39)34-23-10-15-28-14-4-5-17-32(28)34/h1-26H. The minimum absolute atomic E-state index is 1.24. The summed E-state index contributed by atoms with van der Waals surface area (Å²) in [6.07, 6.45) is 0. The van der Waals surface area contributed by atoms with Crippen molar-refractivity contribution in [1.82, 2.24) is 0 Å². The lowest BCUT2D eigenvalue weighted by atomic mass is 9.84. The fraction of sp³-hybridized carbons (Fsp3) is 0. The molecule has 8 rings (SSSR count). The highest BCUT2D eigenvalue weighted by molar-refractivity contribution is 6.23. The second-order valence-electron chi connectivity index (χ2n) is 10.5. The Labute approximate surface area is 233 Å². The molecule has 0 nitrogen and oxygen atoms in total. The van der Waals surface area contributed by atoms with Crippen molar-refractivity contribution >= 4 is 43.1 Å². The molecule has 0 amide bonds. The van der Waals surface area contributed by atoms with Crippen molar-refractivity contribution in [3.63, 3.8) is 0 Å². The molecule has 0 heterocycles. The van der Waals surface area contributed by atoms with Crippen LogP contribution in [0.5, 0.6) is 0 Å². The maximum absolute atomic E-state index is 2.37. The summed E-state index contributed by atoms with van der Waals surface area (Å²) in [5.74, 6) is 0. The first-order chi connectivity index (χ1) is 19.9. The van der Waals surface area contributed by atoms with Gasteiger partial charge in [-0.2, -0.15) is 0 Å². The van der Waals surface area contributed by atoms with Crippen LogP contribution in [0, 0.1) is 0 Å². The fourth-order valence-corrected chi connectivity index (χ4v) is 6.48. The summed E-state index contributed by atoms with van der Waals surface area (Å²) in [5.41, 5.74) is 7.64. The first-order valence-corrected chi connectivity index (χ1v) is 13.9. The molecule has 0 radical (unpaired) electrons. The van der Waals surface area contributed by atoms with Gasteiger partial charge in [0.1, 0.15) is 0 Å². The van der Waals surface area contributed by atoms with Gasteiger partial charge >= 0.3 is 0 Å². The van der Waals surface area contributed by atoms with Gasteiger partial charge in [0.15, 0.2) is 0 Å². The minimum Gasteiger partial charge on any atom is -0.0622 e. The van der Waals surface area contributed by atoms with E-state index >= 15 is 0 Å². The minimum atomic E-state index is 1.24. The second kappa shape index (κ2) is 9.22. The lowest BCUT2D eigenvalue weighted by Crippen LogP contribution is -1.92. The van der Waals surface area contributed by atoms with Crippen molar-refractivity contribution in [2.45, 2.75) is 0 Å². The van der Waals surface area contributed by atoms with Crippen molar-refractivity contribution in [2.75, 3.05) is 0 Å². The average Bonchev–Trinajstić information content (AvgIpc) is 3.03. The van der Waals surface area contributed by atoms with E-state index in [-0.39, 0.29) is 0 Å².